The van der Waals surface area contributed by atoms with Crippen molar-refractivity contribution in [3.8, 4) is 0 Å². The van der Waals surface area contributed by atoms with Crippen LogP contribution in [-0.4, -0.2) is 34.0 Å². The Morgan fingerprint density at radius 2 is 2.25 bits per heavy atom. The fraction of sp³-hybridized carbons (Fsp3) is 0.917. The van der Waals surface area contributed by atoms with Gasteiger partial charge in [0.2, 0.25) is 0 Å². The van der Waals surface area contributed by atoms with Crippen LogP contribution in [0.15, 0.2) is 4.99 Å². The third-order valence-corrected chi connectivity index (χ3v) is 5.46. The maximum absolute atomic E-state index is 4.93. The fourth-order valence-electron chi connectivity index (χ4n) is 2.34. The Balaban J connectivity index is 2.00. The smallest absolute Gasteiger partial charge is 0.157 e. The lowest BCUT2D eigenvalue weighted by molar-refractivity contribution is 0.445. The Hall–Kier alpha value is 0.170. The van der Waals surface area contributed by atoms with Crippen molar-refractivity contribution >= 4 is 28.7 Å². The van der Waals surface area contributed by atoms with Crippen LogP contribution >= 0.6 is 23.5 Å². The second-order valence-electron chi connectivity index (χ2n) is 5.31. The van der Waals surface area contributed by atoms with Gasteiger partial charge in [0.25, 0.3) is 0 Å². The Kier molecular flexibility index (Phi) is 4.11. The minimum Gasteiger partial charge on any atom is -0.360 e. The van der Waals surface area contributed by atoms with Crippen molar-refractivity contribution in [2.24, 2.45) is 4.99 Å². The average molecular weight is 258 g/mol. The van der Waals surface area contributed by atoms with E-state index in [1.54, 1.807) is 0 Å². The number of hydrogen-bond donors (Lipinski definition) is 1. The maximum Gasteiger partial charge on any atom is 0.157 e. The zero-order chi connectivity index (χ0) is 11.6. The highest BCUT2D eigenvalue weighted by atomic mass is 32.2. The Labute approximate surface area is 107 Å². The molecule has 0 aromatic carbocycles. The van der Waals surface area contributed by atoms with Crippen LogP contribution in [0, 0.1) is 0 Å². The average Bonchev–Trinajstić information content (AvgIpc) is 2.63. The molecule has 2 unspecified atom stereocenters. The van der Waals surface area contributed by atoms with Gasteiger partial charge >= 0.3 is 0 Å². The van der Waals surface area contributed by atoms with E-state index in [0.29, 0.717) is 6.04 Å². The predicted octanol–water partition coefficient (Wildman–Crippen LogP) is 3.13. The predicted molar refractivity (Wildman–Crippen MR) is 76.7 cm³/mol. The second kappa shape index (κ2) is 5.21. The van der Waals surface area contributed by atoms with Gasteiger partial charge in [0.15, 0.2) is 5.17 Å². The van der Waals surface area contributed by atoms with E-state index in [9.17, 15) is 0 Å². The number of amidine groups is 1. The van der Waals surface area contributed by atoms with Gasteiger partial charge in [0.1, 0.15) is 0 Å². The summed E-state index contributed by atoms with van der Waals surface area (Å²) in [6, 6.07) is 0.555. The number of nitrogens with one attached hydrogen (secondary N) is 1. The molecule has 16 heavy (non-hydrogen) atoms. The molecule has 1 aliphatic heterocycles. The van der Waals surface area contributed by atoms with Crippen LogP contribution < -0.4 is 5.32 Å². The molecular weight excluding hydrogens is 236 g/mol. The van der Waals surface area contributed by atoms with E-state index in [2.05, 4.69) is 25.4 Å². The van der Waals surface area contributed by atoms with Crippen LogP contribution in [0.5, 0.6) is 0 Å². The van der Waals surface area contributed by atoms with E-state index < -0.39 is 0 Å². The third-order valence-electron chi connectivity index (χ3n) is 3.41. The molecule has 1 saturated heterocycles. The molecule has 1 saturated carbocycles. The molecule has 1 aliphatic carbocycles. The van der Waals surface area contributed by atoms with Crippen LogP contribution in [0.25, 0.3) is 0 Å². The monoisotopic (exact) mass is 258 g/mol. The van der Waals surface area contributed by atoms with E-state index in [1.165, 1.54) is 36.6 Å². The quantitative estimate of drug-likeness (QED) is 0.823. The van der Waals surface area contributed by atoms with E-state index in [4.69, 9.17) is 4.99 Å². The highest BCUT2D eigenvalue weighted by molar-refractivity contribution is 8.13. The molecular formula is C12H22N2S2. The summed E-state index contributed by atoms with van der Waals surface area (Å²) in [7, 11) is 0. The van der Waals surface area contributed by atoms with Crippen LogP contribution in [-0.2, 0) is 0 Å². The minimum absolute atomic E-state index is 0.234. The summed E-state index contributed by atoms with van der Waals surface area (Å²) in [6.45, 7) is 4.53. The van der Waals surface area contributed by atoms with Gasteiger partial charge in [-0.15, -0.1) is 0 Å². The molecule has 0 bridgehead atoms. The Bertz CT molecular complexity index is 276. The molecule has 0 radical (unpaired) electrons. The molecule has 2 atom stereocenters. The van der Waals surface area contributed by atoms with Crippen LogP contribution in [0.2, 0.25) is 0 Å². The summed E-state index contributed by atoms with van der Waals surface area (Å²) in [6.07, 6.45) is 7.41. The second-order valence-corrected chi connectivity index (χ2v) is 7.47. The van der Waals surface area contributed by atoms with E-state index in [1.807, 2.05) is 23.5 Å². The topological polar surface area (TPSA) is 24.4 Å². The number of rotatable bonds is 2. The van der Waals surface area contributed by atoms with E-state index in [0.717, 1.165) is 5.25 Å². The summed E-state index contributed by atoms with van der Waals surface area (Å²) >= 11 is 3.88. The molecule has 2 aliphatic rings. The minimum atomic E-state index is 0.234. The summed E-state index contributed by atoms with van der Waals surface area (Å²) in [4.78, 5) is 4.93. The van der Waals surface area contributed by atoms with E-state index in [-0.39, 0.29) is 5.54 Å². The molecule has 0 aromatic heterocycles. The van der Waals surface area contributed by atoms with Crippen molar-refractivity contribution in [2.45, 2.75) is 56.4 Å². The van der Waals surface area contributed by atoms with Crippen molar-refractivity contribution in [2.75, 3.05) is 12.0 Å². The van der Waals surface area contributed by atoms with Gasteiger partial charge in [-0.1, -0.05) is 18.2 Å². The highest BCUT2D eigenvalue weighted by Gasteiger charge is 2.29. The standard InChI is InChI=1S/C12H22N2S2/c1-12(2)7-8-16-11(14-12)13-9-5-4-6-10(9)15-3/h9-10H,4-8H2,1-3H3,(H,13,14). The Morgan fingerprint density at radius 3 is 2.94 bits per heavy atom. The first-order valence-corrected chi connectivity index (χ1v) is 8.40. The van der Waals surface area contributed by atoms with Crippen molar-refractivity contribution in [3.63, 3.8) is 0 Å². The van der Waals surface area contributed by atoms with Gasteiger partial charge in [0.05, 0.1) is 6.04 Å². The number of nitrogens with zero attached hydrogens (tertiary/aromatic N) is 1. The lowest BCUT2D eigenvalue weighted by Crippen LogP contribution is -2.46. The van der Waals surface area contributed by atoms with Gasteiger partial charge < -0.3 is 5.32 Å². The molecule has 4 heteroatoms. The van der Waals surface area contributed by atoms with Gasteiger partial charge in [-0.3, -0.25) is 4.99 Å². The van der Waals surface area contributed by atoms with Gasteiger partial charge in [0, 0.05) is 16.5 Å². The lowest BCUT2D eigenvalue weighted by atomic mass is 10.0. The van der Waals surface area contributed by atoms with Crippen molar-refractivity contribution < 1.29 is 0 Å². The van der Waals surface area contributed by atoms with Crippen molar-refractivity contribution in [1.29, 1.82) is 0 Å². The summed E-state index contributed by atoms with van der Waals surface area (Å²) in [5.41, 5.74) is 0.234. The molecule has 1 N–H and O–H groups in total. The number of hydrogen-bond acceptors (Lipinski definition) is 3. The van der Waals surface area contributed by atoms with Crippen molar-refractivity contribution in [1.82, 2.24) is 5.32 Å². The molecule has 0 spiro atoms. The van der Waals surface area contributed by atoms with Crippen LogP contribution in [0.4, 0.5) is 0 Å². The molecule has 92 valence electrons. The zero-order valence-electron chi connectivity index (χ0n) is 10.5. The number of aliphatic imine (C=N–C) groups is 1. The summed E-state index contributed by atoms with van der Waals surface area (Å²) in [5, 5.41) is 5.50. The van der Waals surface area contributed by atoms with Gasteiger partial charge in [-0.05, 0) is 39.4 Å². The first-order valence-electron chi connectivity index (χ1n) is 6.12. The molecule has 2 fully saturated rings. The molecule has 1 heterocycles. The van der Waals surface area contributed by atoms with Crippen LogP contribution in [0.3, 0.4) is 0 Å². The largest absolute Gasteiger partial charge is 0.360 e. The molecule has 2 rings (SSSR count). The van der Waals surface area contributed by atoms with E-state index >= 15 is 0 Å². The lowest BCUT2D eigenvalue weighted by Gasteiger charge is -2.33. The molecule has 0 amide bonds. The van der Waals surface area contributed by atoms with Gasteiger partial charge in [-0.2, -0.15) is 11.8 Å². The normalized spacial score (nSPS) is 36.3. The number of thioether (sulfide) groups is 2. The SMILES string of the molecule is CSC1CCCC1N=C1NC(C)(C)CCS1. The summed E-state index contributed by atoms with van der Waals surface area (Å²) < 4.78 is 0. The molecule has 0 aromatic rings. The highest BCUT2D eigenvalue weighted by Crippen LogP contribution is 2.32. The maximum atomic E-state index is 4.93. The first-order chi connectivity index (χ1) is 7.61. The Morgan fingerprint density at radius 1 is 1.44 bits per heavy atom. The third kappa shape index (κ3) is 3.10. The fourth-order valence-corrected chi connectivity index (χ4v) is 4.62. The summed E-state index contributed by atoms with van der Waals surface area (Å²) in [5.74, 6) is 1.20. The first kappa shape index (κ1) is 12.6. The van der Waals surface area contributed by atoms with Gasteiger partial charge in [-0.25, -0.2) is 0 Å². The zero-order valence-corrected chi connectivity index (χ0v) is 12.1. The molecule has 2 nitrogen and oxygen atoms in total. The van der Waals surface area contributed by atoms with Crippen molar-refractivity contribution in [3.05, 3.63) is 0 Å². The van der Waals surface area contributed by atoms with Crippen LogP contribution in [0.1, 0.15) is 39.5 Å².